The Bertz CT molecular complexity index is 490. The number of carboxylic acid groups (broad SMARTS) is 1. The predicted octanol–water partition coefficient (Wildman–Crippen LogP) is 2.63. The molecule has 1 aromatic rings. The van der Waals surface area contributed by atoms with Crippen molar-refractivity contribution in [2.75, 3.05) is 13.2 Å². The molecule has 0 unspecified atom stereocenters. The standard InChI is InChI=1S/C16H20O4/c1-12-2-4-13(5-3-12)15(14(17)18)6-8-16(9-7-15)19-10-11-20-16/h2-5H,6-11H2,1H3,(H,17,18). The summed E-state index contributed by atoms with van der Waals surface area (Å²) in [7, 11) is 0. The molecule has 4 nitrogen and oxygen atoms in total. The average Bonchev–Trinajstić information content (AvgIpc) is 2.89. The molecule has 2 aliphatic rings. The lowest BCUT2D eigenvalue weighted by atomic mass is 9.67. The highest BCUT2D eigenvalue weighted by Gasteiger charge is 2.50. The van der Waals surface area contributed by atoms with E-state index in [4.69, 9.17) is 9.47 Å². The lowest BCUT2D eigenvalue weighted by Crippen LogP contribution is -2.46. The van der Waals surface area contributed by atoms with E-state index in [1.165, 1.54) is 0 Å². The third-order valence-corrected chi connectivity index (χ3v) is 4.69. The van der Waals surface area contributed by atoms with Crippen LogP contribution in [0.2, 0.25) is 0 Å². The first-order valence-electron chi connectivity index (χ1n) is 7.15. The molecule has 1 aliphatic heterocycles. The minimum absolute atomic E-state index is 0.524. The van der Waals surface area contributed by atoms with Crippen molar-refractivity contribution in [3.63, 3.8) is 0 Å². The first-order chi connectivity index (χ1) is 9.56. The summed E-state index contributed by atoms with van der Waals surface area (Å²) in [6.07, 6.45) is 2.41. The lowest BCUT2D eigenvalue weighted by molar-refractivity contribution is -0.189. The Morgan fingerprint density at radius 3 is 2.10 bits per heavy atom. The molecule has 1 aromatic carbocycles. The monoisotopic (exact) mass is 276 g/mol. The van der Waals surface area contributed by atoms with Gasteiger partial charge in [-0.2, -0.15) is 0 Å². The Hall–Kier alpha value is -1.39. The van der Waals surface area contributed by atoms with Gasteiger partial charge in [0.1, 0.15) is 0 Å². The molecule has 1 heterocycles. The summed E-state index contributed by atoms with van der Waals surface area (Å²) in [6.45, 7) is 3.24. The molecule has 0 atom stereocenters. The normalized spacial score (nSPS) is 23.9. The Kier molecular flexibility index (Phi) is 3.30. The quantitative estimate of drug-likeness (QED) is 0.902. The zero-order valence-electron chi connectivity index (χ0n) is 11.7. The maximum atomic E-state index is 11.9. The Balaban J connectivity index is 1.87. The minimum atomic E-state index is -0.797. The van der Waals surface area contributed by atoms with Gasteiger partial charge in [-0.05, 0) is 25.3 Å². The van der Waals surface area contributed by atoms with E-state index in [1.807, 2.05) is 31.2 Å². The van der Waals surface area contributed by atoms with Crippen molar-refractivity contribution >= 4 is 5.97 Å². The summed E-state index contributed by atoms with van der Waals surface area (Å²) in [5.74, 6) is -1.27. The van der Waals surface area contributed by atoms with Crippen molar-refractivity contribution in [1.82, 2.24) is 0 Å². The highest BCUT2D eigenvalue weighted by Crippen LogP contribution is 2.46. The van der Waals surface area contributed by atoms with Gasteiger partial charge in [0.2, 0.25) is 0 Å². The second-order valence-electron chi connectivity index (χ2n) is 5.86. The molecule has 1 spiro atoms. The first kappa shape index (κ1) is 13.6. The molecule has 0 amide bonds. The van der Waals surface area contributed by atoms with Crippen LogP contribution in [0, 0.1) is 6.92 Å². The summed E-state index contributed by atoms with van der Waals surface area (Å²) < 4.78 is 11.4. The molecule has 3 rings (SSSR count). The van der Waals surface area contributed by atoms with Crippen LogP contribution in [0.15, 0.2) is 24.3 Å². The van der Waals surface area contributed by atoms with E-state index in [9.17, 15) is 9.90 Å². The van der Waals surface area contributed by atoms with E-state index in [-0.39, 0.29) is 0 Å². The van der Waals surface area contributed by atoms with Crippen molar-refractivity contribution in [1.29, 1.82) is 0 Å². The fraction of sp³-hybridized carbons (Fsp3) is 0.562. The third kappa shape index (κ3) is 2.13. The van der Waals surface area contributed by atoms with Crippen LogP contribution in [0.1, 0.15) is 36.8 Å². The molecule has 1 N–H and O–H groups in total. The molecule has 0 bridgehead atoms. The average molecular weight is 276 g/mol. The molecular weight excluding hydrogens is 256 g/mol. The van der Waals surface area contributed by atoms with Gasteiger partial charge in [-0.15, -0.1) is 0 Å². The number of carboxylic acids is 1. The van der Waals surface area contributed by atoms with E-state index >= 15 is 0 Å². The smallest absolute Gasteiger partial charge is 0.314 e. The number of hydrogen-bond donors (Lipinski definition) is 1. The molecule has 1 saturated carbocycles. The van der Waals surface area contributed by atoms with E-state index in [2.05, 4.69) is 0 Å². The maximum Gasteiger partial charge on any atom is 0.314 e. The number of aryl methyl sites for hydroxylation is 1. The van der Waals surface area contributed by atoms with E-state index < -0.39 is 17.2 Å². The molecule has 0 radical (unpaired) electrons. The molecule has 108 valence electrons. The van der Waals surface area contributed by atoms with Crippen LogP contribution in [0.25, 0.3) is 0 Å². The zero-order chi connectivity index (χ0) is 14.2. The van der Waals surface area contributed by atoms with Crippen molar-refractivity contribution in [3.8, 4) is 0 Å². The second-order valence-corrected chi connectivity index (χ2v) is 5.86. The van der Waals surface area contributed by atoms with Gasteiger partial charge in [-0.1, -0.05) is 29.8 Å². The lowest BCUT2D eigenvalue weighted by Gasteiger charge is -2.41. The molecule has 1 saturated heterocycles. The van der Waals surface area contributed by atoms with Crippen molar-refractivity contribution in [2.45, 2.75) is 43.8 Å². The summed E-state index contributed by atoms with van der Waals surface area (Å²) in [5, 5.41) is 9.76. The van der Waals surface area contributed by atoms with E-state index in [0.29, 0.717) is 38.9 Å². The van der Waals surface area contributed by atoms with E-state index in [0.717, 1.165) is 11.1 Å². The van der Waals surface area contributed by atoms with E-state index in [1.54, 1.807) is 0 Å². The Morgan fingerprint density at radius 1 is 1.05 bits per heavy atom. The predicted molar refractivity (Wildman–Crippen MR) is 73.6 cm³/mol. The number of carbonyl (C=O) groups is 1. The molecule has 1 aliphatic carbocycles. The van der Waals surface area contributed by atoms with Gasteiger partial charge in [-0.25, -0.2) is 0 Å². The van der Waals surface area contributed by atoms with Gasteiger partial charge in [0, 0.05) is 12.8 Å². The Morgan fingerprint density at radius 2 is 1.60 bits per heavy atom. The van der Waals surface area contributed by atoms with Crippen LogP contribution in [0.5, 0.6) is 0 Å². The maximum absolute atomic E-state index is 11.9. The van der Waals surface area contributed by atoms with Crippen LogP contribution in [-0.4, -0.2) is 30.1 Å². The molecule has 0 aromatic heterocycles. The van der Waals surface area contributed by atoms with Crippen molar-refractivity contribution < 1.29 is 19.4 Å². The van der Waals surface area contributed by atoms with Crippen molar-refractivity contribution in [3.05, 3.63) is 35.4 Å². The number of hydrogen-bond acceptors (Lipinski definition) is 3. The summed E-state index contributed by atoms with van der Waals surface area (Å²) in [4.78, 5) is 11.9. The molecule has 2 fully saturated rings. The van der Waals surface area contributed by atoms with Crippen molar-refractivity contribution in [2.24, 2.45) is 0 Å². The van der Waals surface area contributed by atoms with Crippen LogP contribution >= 0.6 is 0 Å². The van der Waals surface area contributed by atoms with Crippen LogP contribution in [-0.2, 0) is 19.7 Å². The fourth-order valence-electron chi connectivity index (χ4n) is 3.34. The van der Waals surface area contributed by atoms with Gasteiger partial charge in [0.05, 0.1) is 18.6 Å². The van der Waals surface area contributed by atoms with Crippen LogP contribution in [0.3, 0.4) is 0 Å². The molecule has 4 heteroatoms. The van der Waals surface area contributed by atoms with Gasteiger partial charge in [-0.3, -0.25) is 4.79 Å². The largest absolute Gasteiger partial charge is 0.481 e. The second kappa shape index (κ2) is 4.86. The van der Waals surface area contributed by atoms with Gasteiger partial charge in [0.15, 0.2) is 5.79 Å². The fourth-order valence-corrected chi connectivity index (χ4v) is 3.34. The number of aliphatic carboxylic acids is 1. The summed E-state index contributed by atoms with van der Waals surface area (Å²) in [5.41, 5.74) is 1.24. The summed E-state index contributed by atoms with van der Waals surface area (Å²) in [6, 6.07) is 7.84. The molecule has 20 heavy (non-hydrogen) atoms. The number of benzene rings is 1. The zero-order valence-corrected chi connectivity index (χ0v) is 11.7. The summed E-state index contributed by atoms with van der Waals surface area (Å²) >= 11 is 0. The number of ether oxygens (including phenoxy) is 2. The van der Waals surface area contributed by atoms with Crippen LogP contribution in [0.4, 0.5) is 0 Å². The molecular formula is C16H20O4. The topological polar surface area (TPSA) is 55.8 Å². The highest BCUT2D eigenvalue weighted by molar-refractivity contribution is 5.81. The van der Waals surface area contributed by atoms with Gasteiger partial charge < -0.3 is 14.6 Å². The SMILES string of the molecule is Cc1ccc(C2(C(=O)O)CCC3(CC2)OCCO3)cc1. The Labute approximate surface area is 118 Å². The number of rotatable bonds is 2. The van der Waals surface area contributed by atoms with Crippen LogP contribution < -0.4 is 0 Å². The van der Waals surface area contributed by atoms with Gasteiger partial charge >= 0.3 is 5.97 Å². The highest BCUT2D eigenvalue weighted by atomic mass is 16.7. The van der Waals surface area contributed by atoms with Gasteiger partial charge in [0.25, 0.3) is 0 Å². The first-order valence-corrected chi connectivity index (χ1v) is 7.15. The minimum Gasteiger partial charge on any atom is -0.481 e. The third-order valence-electron chi connectivity index (χ3n) is 4.69.